The van der Waals surface area contributed by atoms with Crippen molar-refractivity contribution in [2.24, 2.45) is 0 Å². The highest BCUT2D eigenvalue weighted by atomic mass is 16.6. The van der Waals surface area contributed by atoms with E-state index in [1.807, 2.05) is 7.05 Å². The van der Waals surface area contributed by atoms with Crippen molar-refractivity contribution in [2.75, 3.05) is 13.6 Å². The number of nitro groups is 1. The van der Waals surface area contributed by atoms with Crippen molar-refractivity contribution in [1.82, 2.24) is 5.32 Å². The number of nitro benzene ring substituents is 1. The van der Waals surface area contributed by atoms with Gasteiger partial charge in [-0.3, -0.25) is 10.1 Å². The van der Waals surface area contributed by atoms with E-state index < -0.39 is 0 Å². The molecule has 0 atom stereocenters. The molecule has 0 aliphatic heterocycles. The minimum absolute atomic E-state index is 0.133. The highest BCUT2D eigenvalue weighted by molar-refractivity contribution is 5.47. The Balaban J connectivity index is 2.93. The summed E-state index contributed by atoms with van der Waals surface area (Å²) in [5.41, 5.74) is 1.57. The van der Waals surface area contributed by atoms with Crippen LogP contribution < -0.4 is 5.32 Å². The smallest absolute Gasteiger partial charge is 0.272 e. The molecule has 0 saturated carbocycles. The fourth-order valence-electron chi connectivity index (χ4n) is 1.17. The van der Waals surface area contributed by atoms with Gasteiger partial charge in [0, 0.05) is 17.2 Å². The molecule has 1 rings (SSSR count). The van der Waals surface area contributed by atoms with E-state index in [-0.39, 0.29) is 10.6 Å². The van der Waals surface area contributed by atoms with Gasteiger partial charge in [0.25, 0.3) is 5.69 Å². The number of benzene rings is 1. The van der Waals surface area contributed by atoms with Gasteiger partial charge in [-0.05, 0) is 26.1 Å². The maximum atomic E-state index is 10.6. The summed E-state index contributed by atoms with van der Waals surface area (Å²) in [5.74, 6) is 5.81. The molecule has 4 heteroatoms. The van der Waals surface area contributed by atoms with E-state index in [2.05, 4.69) is 17.2 Å². The van der Waals surface area contributed by atoms with Crippen molar-refractivity contribution in [1.29, 1.82) is 0 Å². The van der Waals surface area contributed by atoms with Gasteiger partial charge in [0.1, 0.15) is 0 Å². The summed E-state index contributed by atoms with van der Waals surface area (Å²) in [6.45, 7) is 2.32. The van der Waals surface area contributed by atoms with Gasteiger partial charge in [-0.25, -0.2) is 0 Å². The summed E-state index contributed by atoms with van der Waals surface area (Å²) in [6.07, 6.45) is 0. The lowest BCUT2D eigenvalue weighted by atomic mass is 10.1. The molecule has 1 aromatic rings. The average molecular weight is 204 g/mol. The van der Waals surface area contributed by atoms with E-state index in [9.17, 15) is 10.1 Å². The lowest BCUT2D eigenvalue weighted by Gasteiger charge is -1.96. The Labute approximate surface area is 88.5 Å². The third kappa shape index (κ3) is 3.08. The number of nitrogens with zero attached hydrogens (tertiary/aromatic N) is 1. The third-order valence-electron chi connectivity index (χ3n) is 1.89. The zero-order valence-electron chi connectivity index (χ0n) is 8.70. The predicted molar refractivity (Wildman–Crippen MR) is 58.6 cm³/mol. The summed E-state index contributed by atoms with van der Waals surface area (Å²) < 4.78 is 0. The van der Waals surface area contributed by atoms with Crippen LogP contribution in [0, 0.1) is 28.9 Å². The van der Waals surface area contributed by atoms with Crippen molar-refractivity contribution in [3.8, 4) is 11.8 Å². The first-order valence-electron chi connectivity index (χ1n) is 4.53. The lowest BCUT2D eigenvalue weighted by Crippen LogP contribution is -2.04. The third-order valence-corrected chi connectivity index (χ3v) is 1.89. The van der Waals surface area contributed by atoms with Crippen LogP contribution in [0.1, 0.15) is 11.1 Å². The Morgan fingerprint density at radius 2 is 2.27 bits per heavy atom. The van der Waals surface area contributed by atoms with E-state index in [0.717, 1.165) is 5.56 Å². The minimum Gasteiger partial charge on any atom is -0.309 e. The van der Waals surface area contributed by atoms with Gasteiger partial charge in [-0.15, -0.1) is 0 Å². The predicted octanol–water partition coefficient (Wildman–Crippen LogP) is 1.47. The summed E-state index contributed by atoms with van der Waals surface area (Å²) in [6, 6.07) is 4.87. The van der Waals surface area contributed by atoms with Crippen LogP contribution in [0.2, 0.25) is 0 Å². The van der Waals surface area contributed by atoms with Crippen molar-refractivity contribution in [2.45, 2.75) is 6.92 Å². The van der Waals surface area contributed by atoms with Crippen molar-refractivity contribution < 1.29 is 4.92 Å². The van der Waals surface area contributed by atoms with Crippen LogP contribution in [0.15, 0.2) is 18.2 Å². The van der Waals surface area contributed by atoms with Gasteiger partial charge in [0.05, 0.1) is 11.5 Å². The number of rotatable bonds is 2. The fraction of sp³-hybridized carbons (Fsp3) is 0.273. The van der Waals surface area contributed by atoms with Crippen molar-refractivity contribution in [3.63, 3.8) is 0 Å². The van der Waals surface area contributed by atoms with E-state index in [4.69, 9.17) is 0 Å². The largest absolute Gasteiger partial charge is 0.309 e. The van der Waals surface area contributed by atoms with Crippen LogP contribution in [0.5, 0.6) is 0 Å². The highest BCUT2D eigenvalue weighted by Crippen LogP contribution is 2.17. The quantitative estimate of drug-likeness (QED) is 0.451. The molecule has 0 spiro atoms. The maximum absolute atomic E-state index is 10.6. The Bertz CT molecular complexity index is 430. The molecule has 0 fully saturated rings. The molecule has 15 heavy (non-hydrogen) atoms. The first kappa shape index (κ1) is 11.2. The van der Waals surface area contributed by atoms with E-state index >= 15 is 0 Å². The van der Waals surface area contributed by atoms with Gasteiger partial charge in [-0.1, -0.05) is 11.8 Å². The summed E-state index contributed by atoms with van der Waals surface area (Å²) in [7, 11) is 1.82. The maximum Gasteiger partial charge on any atom is 0.272 e. The topological polar surface area (TPSA) is 55.2 Å². The standard InChI is InChI=1S/C11H12N2O2/c1-9-8-10(4-3-7-12-2)5-6-11(9)13(14)15/h5-6,8,12H,7H2,1-2H3. The van der Waals surface area contributed by atoms with Gasteiger partial charge in [0.2, 0.25) is 0 Å². The molecule has 0 radical (unpaired) electrons. The molecule has 0 amide bonds. The molecular formula is C11H12N2O2. The Morgan fingerprint density at radius 3 is 2.80 bits per heavy atom. The van der Waals surface area contributed by atoms with Crippen LogP contribution in [0.25, 0.3) is 0 Å². The zero-order chi connectivity index (χ0) is 11.3. The molecule has 78 valence electrons. The molecular weight excluding hydrogens is 192 g/mol. The van der Waals surface area contributed by atoms with Crippen LogP contribution in [-0.4, -0.2) is 18.5 Å². The summed E-state index contributed by atoms with van der Waals surface area (Å²) in [5, 5.41) is 13.5. The normalized spacial score (nSPS) is 9.20. The van der Waals surface area contributed by atoms with Gasteiger partial charge < -0.3 is 5.32 Å². The SMILES string of the molecule is CNCC#Cc1ccc([N+](=O)[O-])c(C)c1. The second-order valence-corrected chi connectivity index (χ2v) is 3.09. The monoisotopic (exact) mass is 204 g/mol. The summed E-state index contributed by atoms with van der Waals surface area (Å²) >= 11 is 0. The average Bonchev–Trinajstić information content (AvgIpc) is 2.17. The molecule has 0 saturated heterocycles. The van der Waals surface area contributed by atoms with Crippen LogP contribution in [-0.2, 0) is 0 Å². The lowest BCUT2D eigenvalue weighted by molar-refractivity contribution is -0.385. The zero-order valence-corrected chi connectivity index (χ0v) is 8.70. The van der Waals surface area contributed by atoms with Crippen LogP contribution in [0.4, 0.5) is 5.69 Å². The number of aryl methyl sites for hydroxylation is 1. The molecule has 0 heterocycles. The number of hydrogen-bond acceptors (Lipinski definition) is 3. The molecule has 4 nitrogen and oxygen atoms in total. The Morgan fingerprint density at radius 1 is 1.53 bits per heavy atom. The van der Waals surface area contributed by atoms with Gasteiger partial charge in [0.15, 0.2) is 0 Å². The molecule has 0 aliphatic carbocycles. The van der Waals surface area contributed by atoms with E-state index in [0.29, 0.717) is 12.1 Å². The van der Waals surface area contributed by atoms with Crippen molar-refractivity contribution >= 4 is 5.69 Å². The first-order chi connectivity index (χ1) is 7.15. The molecule has 0 aromatic heterocycles. The first-order valence-corrected chi connectivity index (χ1v) is 4.53. The molecule has 1 aromatic carbocycles. The second-order valence-electron chi connectivity index (χ2n) is 3.09. The molecule has 1 N–H and O–H groups in total. The van der Waals surface area contributed by atoms with E-state index in [1.54, 1.807) is 19.1 Å². The van der Waals surface area contributed by atoms with Gasteiger partial charge in [-0.2, -0.15) is 0 Å². The second kappa shape index (κ2) is 5.13. The van der Waals surface area contributed by atoms with Gasteiger partial charge >= 0.3 is 0 Å². The van der Waals surface area contributed by atoms with Crippen LogP contribution in [0.3, 0.4) is 0 Å². The fourth-order valence-corrected chi connectivity index (χ4v) is 1.17. The van der Waals surface area contributed by atoms with Crippen molar-refractivity contribution in [3.05, 3.63) is 39.4 Å². The molecule has 0 unspecified atom stereocenters. The summed E-state index contributed by atoms with van der Waals surface area (Å²) in [4.78, 5) is 10.2. The number of nitrogens with one attached hydrogen (secondary N) is 1. The Kier molecular flexibility index (Phi) is 3.83. The molecule has 0 aliphatic rings. The Hall–Kier alpha value is -1.86. The molecule has 0 bridgehead atoms. The van der Waals surface area contributed by atoms with E-state index in [1.165, 1.54) is 6.07 Å². The number of hydrogen-bond donors (Lipinski definition) is 1. The van der Waals surface area contributed by atoms with Crippen LogP contribution >= 0.6 is 0 Å². The minimum atomic E-state index is -0.389. The highest BCUT2D eigenvalue weighted by Gasteiger charge is 2.08.